The highest BCUT2D eigenvalue weighted by Crippen LogP contribution is 2.30. The van der Waals surface area contributed by atoms with Crippen LogP contribution < -0.4 is 5.62 Å². The first-order valence-electron chi connectivity index (χ1n) is 11.7. The lowest BCUT2D eigenvalue weighted by Crippen LogP contribution is -2.31. The Balaban J connectivity index is 1.49. The number of imidazole rings is 1. The Morgan fingerprint density at radius 1 is 0.939 bits per heavy atom. The zero-order valence-electron chi connectivity index (χ0n) is 19.4. The molecule has 0 unspecified atom stereocenters. The molecule has 4 aromatic rings. The van der Waals surface area contributed by atoms with Crippen molar-refractivity contribution in [3.05, 3.63) is 107 Å². The largest absolute Gasteiger partial charge is 0.383 e. The zero-order valence-corrected chi connectivity index (χ0v) is 19.4. The number of aryl methyl sites for hydroxylation is 2. The van der Waals surface area contributed by atoms with Crippen LogP contribution in [0.5, 0.6) is 0 Å². The van der Waals surface area contributed by atoms with Crippen LogP contribution in [0.15, 0.2) is 78.9 Å². The van der Waals surface area contributed by atoms with Gasteiger partial charge in [-0.05, 0) is 60.6 Å². The third-order valence-electron chi connectivity index (χ3n) is 6.77. The predicted octanol–water partition coefficient (Wildman–Crippen LogP) is 5.69. The Kier molecular flexibility index (Phi) is 6.01. The van der Waals surface area contributed by atoms with Gasteiger partial charge in [0.2, 0.25) is 5.62 Å². The lowest BCUT2D eigenvalue weighted by Gasteiger charge is -2.19. The average molecular weight is 438 g/mol. The maximum atomic E-state index is 9.15. The lowest BCUT2D eigenvalue weighted by molar-refractivity contribution is 0.154. The molecule has 33 heavy (non-hydrogen) atoms. The Bertz CT molecular complexity index is 1360. The van der Waals surface area contributed by atoms with Crippen LogP contribution in [0.25, 0.3) is 16.6 Å². The summed E-state index contributed by atoms with van der Waals surface area (Å²) in [6.07, 6.45) is 5.11. The fourth-order valence-corrected chi connectivity index (χ4v) is 5.09. The standard InChI is InChI=1S/C29H31N3O/c1-21-11-13-22(14-12-21)19-25(20-33-2)32-28-10-6-5-9-27(28)31(29(32)30)18-17-24-16-15-23-7-3-4-8-26(23)24/h3-14,16,25,30H,15,17-20H2,1-2H3/t25-/m0/s1. The maximum Gasteiger partial charge on any atom is 0.203 e. The van der Waals surface area contributed by atoms with Crippen molar-refractivity contribution in [3.8, 4) is 0 Å². The Labute approximate surface area is 195 Å². The molecule has 0 radical (unpaired) electrons. The summed E-state index contributed by atoms with van der Waals surface area (Å²) in [5.41, 5.74) is 9.43. The van der Waals surface area contributed by atoms with E-state index in [9.17, 15) is 0 Å². The van der Waals surface area contributed by atoms with Crippen molar-refractivity contribution in [1.82, 2.24) is 9.13 Å². The van der Waals surface area contributed by atoms with Crippen LogP contribution in [0.2, 0.25) is 0 Å². The van der Waals surface area contributed by atoms with Crippen molar-refractivity contribution in [2.75, 3.05) is 13.7 Å². The third-order valence-corrected chi connectivity index (χ3v) is 6.77. The molecule has 168 valence electrons. The van der Waals surface area contributed by atoms with E-state index in [2.05, 4.69) is 94.9 Å². The van der Waals surface area contributed by atoms with Crippen molar-refractivity contribution < 1.29 is 4.74 Å². The molecule has 0 amide bonds. The topological polar surface area (TPSA) is 42.9 Å². The van der Waals surface area contributed by atoms with Gasteiger partial charge < -0.3 is 13.9 Å². The van der Waals surface area contributed by atoms with Crippen molar-refractivity contribution in [2.24, 2.45) is 0 Å². The highest BCUT2D eigenvalue weighted by atomic mass is 16.5. The number of aromatic nitrogens is 2. The summed E-state index contributed by atoms with van der Waals surface area (Å²) in [5, 5.41) is 9.15. The molecule has 0 saturated heterocycles. The molecule has 1 aliphatic carbocycles. The summed E-state index contributed by atoms with van der Waals surface area (Å²) < 4.78 is 9.95. The van der Waals surface area contributed by atoms with Gasteiger partial charge in [0.1, 0.15) is 0 Å². The third kappa shape index (κ3) is 4.19. The molecule has 5 rings (SSSR count). The van der Waals surface area contributed by atoms with E-state index >= 15 is 0 Å². The summed E-state index contributed by atoms with van der Waals surface area (Å²) in [4.78, 5) is 0. The minimum Gasteiger partial charge on any atom is -0.383 e. The molecule has 0 fully saturated rings. The fourth-order valence-electron chi connectivity index (χ4n) is 5.09. The number of hydrogen-bond donors (Lipinski definition) is 1. The molecule has 0 aliphatic heterocycles. The van der Waals surface area contributed by atoms with Crippen LogP contribution in [0, 0.1) is 12.3 Å². The van der Waals surface area contributed by atoms with Crippen LogP contribution in [0.3, 0.4) is 0 Å². The smallest absolute Gasteiger partial charge is 0.203 e. The van der Waals surface area contributed by atoms with E-state index in [4.69, 9.17) is 10.1 Å². The van der Waals surface area contributed by atoms with Crippen molar-refractivity contribution in [2.45, 2.75) is 38.8 Å². The molecule has 3 aromatic carbocycles. The molecule has 1 N–H and O–H groups in total. The number of hydrogen-bond acceptors (Lipinski definition) is 2. The van der Waals surface area contributed by atoms with E-state index in [0.29, 0.717) is 12.2 Å². The van der Waals surface area contributed by atoms with Gasteiger partial charge in [0.05, 0.1) is 23.7 Å². The SMILES string of the molecule is COC[C@H](Cc1ccc(C)cc1)n1c(=N)n(CCC2=CCc3ccccc32)c2ccccc21. The van der Waals surface area contributed by atoms with Gasteiger partial charge in [-0.2, -0.15) is 0 Å². The van der Waals surface area contributed by atoms with E-state index in [1.165, 1.54) is 27.8 Å². The Morgan fingerprint density at radius 2 is 1.67 bits per heavy atom. The molecular formula is C29H31N3O. The second kappa shape index (κ2) is 9.24. The predicted molar refractivity (Wildman–Crippen MR) is 134 cm³/mol. The molecular weight excluding hydrogens is 406 g/mol. The van der Waals surface area contributed by atoms with Gasteiger partial charge in [0.25, 0.3) is 0 Å². The van der Waals surface area contributed by atoms with E-state index in [0.717, 1.165) is 36.8 Å². The number of fused-ring (bicyclic) bond motifs is 2. The van der Waals surface area contributed by atoms with E-state index < -0.39 is 0 Å². The molecule has 0 saturated carbocycles. The number of ether oxygens (including phenoxy) is 1. The fraction of sp³-hybridized carbons (Fsp3) is 0.276. The molecule has 1 aromatic heterocycles. The number of nitrogens with zero attached hydrogens (tertiary/aromatic N) is 2. The molecule has 0 bridgehead atoms. The summed E-state index contributed by atoms with van der Waals surface area (Å²) in [6, 6.07) is 25.8. The molecule has 0 spiro atoms. The van der Waals surface area contributed by atoms with E-state index in [-0.39, 0.29) is 6.04 Å². The van der Waals surface area contributed by atoms with Gasteiger partial charge in [-0.1, -0.05) is 72.3 Å². The number of para-hydroxylation sites is 2. The van der Waals surface area contributed by atoms with Crippen molar-refractivity contribution in [3.63, 3.8) is 0 Å². The van der Waals surface area contributed by atoms with Gasteiger partial charge in [0.15, 0.2) is 0 Å². The van der Waals surface area contributed by atoms with Crippen LogP contribution in [0.4, 0.5) is 0 Å². The molecule has 4 nitrogen and oxygen atoms in total. The molecule has 1 atom stereocenters. The molecule has 1 aliphatic rings. The first kappa shape index (κ1) is 21.5. The number of methoxy groups -OCH3 is 1. The summed E-state index contributed by atoms with van der Waals surface area (Å²) in [6.45, 7) is 3.46. The van der Waals surface area contributed by atoms with Gasteiger partial charge in [0, 0.05) is 13.7 Å². The minimum absolute atomic E-state index is 0.0581. The van der Waals surface area contributed by atoms with Gasteiger partial charge in [-0.15, -0.1) is 0 Å². The number of rotatable bonds is 8. The van der Waals surface area contributed by atoms with E-state index in [1.807, 2.05) is 0 Å². The summed E-state index contributed by atoms with van der Waals surface area (Å²) >= 11 is 0. The van der Waals surface area contributed by atoms with Crippen LogP contribution >= 0.6 is 0 Å². The number of benzene rings is 3. The quantitative estimate of drug-likeness (QED) is 0.378. The summed E-state index contributed by atoms with van der Waals surface area (Å²) in [5.74, 6) is 0. The van der Waals surface area contributed by atoms with Crippen LogP contribution in [-0.2, 0) is 24.1 Å². The second-order valence-corrected chi connectivity index (χ2v) is 8.97. The Hall–Kier alpha value is -3.37. The zero-order chi connectivity index (χ0) is 22.8. The normalized spacial score (nSPS) is 13.8. The van der Waals surface area contributed by atoms with Gasteiger partial charge >= 0.3 is 0 Å². The van der Waals surface area contributed by atoms with Crippen LogP contribution in [0.1, 0.15) is 34.7 Å². The summed E-state index contributed by atoms with van der Waals surface area (Å²) in [7, 11) is 1.75. The lowest BCUT2D eigenvalue weighted by atomic mass is 10.0. The van der Waals surface area contributed by atoms with E-state index in [1.54, 1.807) is 7.11 Å². The number of nitrogens with one attached hydrogen (secondary N) is 1. The van der Waals surface area contributed by atoms with Gasteiger partial charge in [-0.25, -0.2) is 0 Å². The van der Waals surface area contributed by atoms with Crippen molar-refractivity contribution >= 4 is 16.6 Å². The Morgan fingerprint density at radius 3 is 2.45 bits per heavy atom. The van der Waals surface area contributed by atoms with Crippen molar-refractivity contribution in [1.29, 1.82) is 5.41 Å². The number of allylic oxidation sites excluding steroid dienone is 2. The minimum atomic E-state index is 0.0581. The maximum absolute atomic E-state index is 9.15. The first-order chi connectivity index (χ1) is 16.2. The second-order valence-electron chi connectivity index (χ2n) is 8.97. The highest BCUT2D eigenvalue weighted by Gasteiger charge is 2.20. The molecule has 1 heterocycles. The monoisotopic (exact) mass is 437 g/mol. The molecule has 4 heteroatoms. The first-order valence-corrected chi connectivity index (χ1v) is 11.7. The average Bonchev–Trinajstić information content (AvgIpc) is 3.37. The highest BCUT2D eigenvalue weighted by molar-refractivity contribution is 5.77. The van der Waals surface area contributed by atoms with Gasteiger partial charge in [-0.3, -0.25) is 5.41 Å². The van der Waals surface area contributed by atoms with Crippen LogP contribution in [-0.4, -0.2) is 22.9 Å².